The average Bonchev–Trinajstić information content (AvgIpc) is 3.08. The minimum Gasteiger partial charge on any atom is -0.342 e. The molecule has 140 valence electrons. The van der Waals surface area contributed by atoms with Crippen molar-refractivity contribution in [2.75, 3.05) is 10.6 Å². The van der Waals surface area contributed by atoms with E-state index in [4.69, 9.17) is 23.2 Å². The molecule has 0 spiro atoms. The number of rotatable bonds is 3. The van der Waals surface area contributed by atoms with E-state index >= 15 is 0 Å². The van der Waals surface area contributed by atoms with Gasteiger partial charge in [0, 0.05) is 12.6 Å². The molecule has 8 heteroatoms. The smallest absolute Gasteiger partial charge is 0.275 e. The Kier molecular flexibility index (Phi) is 4.98. The van der Waals surface area contributed by atoms with Gasteiger partial charge < -0.3 is 10.6 Å². The highest BCUT2D eigenvalue weighted by Gasteiger charge is 2.20. The summed E-state index contributed by atoms with van der Waals surface area (Å²) >= 11 is 12.4. The Balaban J connectivity index is 1.53. The summed E-state index contributed by atoms with van der Waals surface area (Å²) in [5.74, 6) is 0.842. The number of amides is 1. The fourth-order valence-corrected chi connectivity index (χ4v) is 3.26. The van der Waals surface area contributed by atoms with Gasteiger partial charge in [0.05, 0.1) is 21.9 Å². The minimum atomic E-state index is -0.321. The van der Waals surface area contributed by atoms with Crippen molar-refractivity contribution in [3.63, 3.8) is 0 Å². The number of aromatic nitrogens is 2. The molecular formula is C20H15Cl2N5O. The van der Waals surface area contributed by atoms with Crippen LogP contribution in [-0.4, -0.2) is 21.7 Å². The van der Waals surface area contributed by atoms with E-state index < -0.39 is 0 Å². The van der Waals surface area contributed by atoms with E-state index in [2.05, 4.69) is 25.6 Å². The summed E-state index contributed by atoms with van der Waals surface area (Å²) < 4.78 is 0. The fraction of sp³-hybridized carbons (Fsp3) is 0.100. The number of para-hydroxylation sites is 1. The molecule has 1 aromatic carbocycles. The van der Waals surface area contributed by atoms with Gasteiger partial charge in [-0.1, -0.05) is 35.3 Å². The molecule has 1 aliphatic rings. The van der Waals surface area contributed by atoms with E-state index in [1.54, 1.807) is 42.7 Å². The molecule has 0 saturated heterocycles. The van der Waals surface area contributed by atoms with Gasteiger partial charge in [0.15, 0.2) is 0 Å². The van der Waals surface area contributed by atoms with Crippen molar-refractivity contribution in [3.05, 3.63) is 75.7 Å². The number of benzene rings is 1. The van der Waals surface area contributed by atoms with E-state index in [9.17, 15) is 4.79 Å². The van der Waals surface area contributed by atoms with E-state index in [0.29, 0.717) is 39.5 Å². The van der Waals surface area contributed by atoms with Gasteiger partial charge in [-0.2, -0.15) is 0 Å². The molecule has 1 aliphatic heterocycles. The maximum absolute atomic E-state index is 12.5. The molecule has 3 heterocycles. The van der Waals surface area contributed by atoms with E-state index in [1.807, 2.05) is 13.0 Å². The lowest BCUT2D eigenvalue weighted by Gasteiger charge is -2.05. The van der Waals surface area contributed by atoms with Crippen LogP contribution in [0.5, 0.6) is 0 Å². The van der Waals surface area contributed by atoms with Gasteiger partial charge in [0.25, 0.3) is 5.91 Å². The van der Waals surface area contributed by atoms with Gasteiger partial charge in [0.1, 0.15) is 23.0 Å². The van der Waals surface area contributed by atoms with Gasteiger partial charge in [-0.3, -0.25) is 4.79 Å². The molecule has 4 rings (SSSR count). The standard InChI is InChI=1S/C20H15Cl2N5O/c1-11-5-6-17(24-9-11)27-20(28)15-7-12-8-18(25-16(12)10-23-15)26-19-13(21)3-2-4-14(19)22/h2-7,9-10H,8H2,1H3,(H,25,26)(H,24,27,28). The van der Waals surface area contributed by atoms with Crippen LogP contribution in [0, 0.1) is 6.92 Å². The zero-order valence-electron chi connectivity index (χ0n) is 14.8. The lowest BCUT2D eigenvalue weighted by Crippen LogP contribution is -2.14. The molecule has 0 bridgehead atoms. The lowest BCUT2D eigenvalue weighted by atomic mass is 10.1. The van der Waals surface area contributed by atoms with Crippen molar-refractivity contribution in [2.45, 2.75) is 13.3 Å². The number of amidine groups is 1. The quantitative estimate of drug-likeness (QED) is 0.632. The van der Waals surface area contributed by atoms with E-state index in [-0.39, 0.29) is 5.91 Å². The Hall–Kier alpha value is -2.96. The number of hydrogen-bond donors (Lipinski definition) is 2. The topological polar surface area (TPSA) is 79.3 Å². The first-order valence-electron chi connectivity index (χ1n) is 8.51. The largest absolute Gasteiger partial charge is 0.342 e. The Bertz CT molecular complexity index is 1080. The van der Waals surface area contributed by atoms with Crippen LogP contribution in [0.1, 0.15) is 21.6 Å². The second-order valence-corrected chi connectivity index (χ2v) is 7.15. The highest BCUT2D eigenvalue weighted by molar-refractivity contribution is 6.39. The first-order valence-corrected chi connectivity index (χ1v) is 9.27. The third kappa shape index (κ3) is 3.83. The van der Waals surface area contributed by atoms with Crippen molar-refractivity contribution in [1.29, 1.82) is 0 Å². The monoisotopic (exact) mass is 411 g/mol. The van der Waals surface area contributed by atoms with Gasteiger partial charge in [-0.05, 0) is 42.3 Å². The predicted octanol–water partition coefficient (Wildman–Crippen LogP) is 5.04. The number of aryl methyl sites for hydroxylation is 1. The first kappa shape index (κ1) is 18.4. The normalized spacial score (nSPS) is 13.9. The molecule has 2 aromatic heterocycles. The van der Waals surface area contributed by atoms with Crippen LogP contribution >= 0.6 is 23.2 Å². The van der Waals surface area contributed by atoms with E-state index in [1.165, 1.54) is 0 Å². The summed E-state index contributed by atoms with van der Waals surface area (Å²) in [7, 11) is 0. The molecule has 2 N–H and O–H groups in total. The van der Waals surface area contributed by atoms with Gasteiger partial charge in [-0.25, -0.2) is 15.0 Å². The SMILES string of the molecule is Cc1ccc(NC(=O)c2cc3c(cn2)NC(=Nc2c(Cl)cccc2Cl)C3)nc1. The maximum Gasteiger partial charge on any atom is 0.275 e. The Morgan fingerprint density at radius 2 is 1.93 bits per heavy atom. The zero-order valence-corrected chi connectivity index (χ0v) is 16.3. The van der Waals surface area contributed by atoms with Crippen molar-refractivity contribution in [2.24, 2.45) is 4.99 Å². The van der Waals surface area contributed by atoms with Crippen molar-refractivity contribution in [3.8, 4) is 0 Å². The average molecular weight is 412 g/mol. The van der Waals surface area contributed by atoms with Crippen LogP contribution < -0.4 is 10.6 Å². The first-order chi connectivity index (χ1) is 13.5. The van der Waals surface area contributed by atoms with Crippen molar-refractivity contribution in [1.82, 2.24) is 9.97 Å². The van der Waals surface area contributed by atoms with Crippen LogP contribution in [0.2, 0.25) is 10.0 Å². The number of nitrogens with one attached hydrogen (secondary N) is 2. The molecule has 0 saturated carbocycles. The molecular weight excluding hydrogens is 397 g/mol. The van der Waals surface area contributed by atoms with Gasteiger partial charge in [-0.15, -0.1) is 0 Å². The third-order valence-corrected chi connectivity index (χ3v) is 4.81. The number of fused-ring (bicyclic) bond motifs is 1. The molecule has 0 atom stereocenters. The summed E-state index contributed by atoms with van der Waals surface area (Å²) in [4.78, 5) is 25.4. The van der Waals surface area contributed by atoms with Gasteiger partial charge >= 0.3 is 0 Å². The predicted molar refractivity (Wildman–Crippen MR) is 112 cm³/mol. The lowest BCUT2D eigenvalue weighted by molar-refractivity contribution is 0.102. The number of pyridine rings is 2. The molecule has 3 aromatic rings. The van der Waals surface area contributed by atoms with E-state index in [0.717, 1.165) is 16.8 Å². The van der Waals surface area contributed by atoms with Crippen molar-refractivity contribution >= 4 is 52.1 Å². The molecule has 0 aliphatic carbocycles. The molecule has 6 nitrogen and oxygen atoms in total. The van der Waals surface area contributed by atoms with Crippen LogP contribution in [0.3, 0.4) is 0 Å². The number of anilines is 2. The molecule has 1 amide bonds. The summed E-state index contributed by atoms with van der Waals surface area (Å²) in [6, 6.07) is 10.6. The van der Waals surface area contributed by atoms with Crippen LogP contribution in [-0.2, 0) is 6.42 Å². The van der Waals surface area contributed by atoms with Gasteiger partial charge in [0.2, 0.25) is 0 Å². The molecule has 28 heavy (non-hydrogen) atoms. The molecule has 0 unspecified atom stereocenters. The van der Waals surface area contributed by atoms with Crippen LogP contribution in [0.4, 0.5) is 17.2 Å². The summed E-state index contributed by atoms with van der Waals surface area (Å²) in [6.07, 6.45) is 3.82. The van der Waals surface area contributed by atoms with Crippen LogP contribution in [0.15, 0.2) is 53.8 Å². The summed E-state index contributed by atoms with van der Waals surface area (Å²) in [5, 5.41) is 6.88. The second kappa shape index (κ2) is 7.58. The maximum atomic E-state index is 12.5. The number of aliphatic imine (C=N–C) groups is 1. The number of halogens is 2. The Morgan fingerprint density at radius 1 is 1.14 bits per heavy atom. The third-order valence-electron chi connectivity index (χ3n) is 4.20. The number of carbonyl (C=O) groups excluding carboxylic acids is 1. The number of nitrogens with zero attached hydrogens (tertiary/aromatic N) is 3. The van der Waals surface area contributed by atoms with Crippen LogP contribution in [0.25, 0.3) is 0 Å². The fourth-order valence-electron chi connectivity index (χ4n) is 2.78. The number of hydrogen-bond acceptors (Lipinski definition) is 4. The molecule has 0 fully saturated rings. The Morgan fingerprint density at radius 3 is 2.64 bits per heavy atom. The minimum absolute atomic E-state index is 0.306. The zero-order chi connectivity index (χ0) is 19.7. The Labute approximate surface area is 171 Å². The molecule has 0 radical (unpaired) electrons. The number of carbonyl (C=O) groups is 1. The highest BCUT2D eigenvalue weighted by Crippen LogP contribution is 2.34. The summed E-state index contributed by atoms with van der Waals surface area (Å²) in [6.45, 7) is 1.93. The van der Waals surface area contributed by atoms with Crippen molar-refractivity contribution < 1.29 is 4.79 Å². The second-order valence-electron chi connectivity index (χ2n) is 6.33. The highest BCUT2D eigenvalue weighted by atomic mass is 35.5. The summed E-state index contributed by atoms with van der Waals surface area (Å²) in [5.41, 5.74) is 3.55.